The first kappa shape index (κ1) is 13.8. The number of hydrogen-bond donors (Lipinski definition) is 2. The summed E-state index contributed by atoms with van der Waals surface area (Å²) in [7, 11) is 0. The van der Waals surface area contributed by atoms with Gasteiger partial charge in [-0.05, 0) is 34.6 Å². The topological polar surface area (TPSA) is 58.6 Å². The van der Waals surface area contributed by atoms with E-state index in [1.165, 1.54) is 11.8 Å². The highest BCUT2D eigenvalue weighted by molar-refractivity contribution is 8.01. The number of hydrogen-bond acceptors (Lipinski definition) is 4. The van der Waals surface area contributed by atoms with Gasteiger partial charge in [0.1, 0.15) is 4.93 Å². The SMILES string of the molecule is CC(C)(C)NC(=O)CC1SC(C)(C)OC1O. The van der Waals surface area contributed by atoms with Gasteiger partial charge in [-0.1, -0.05) is 0 Å². The molecule has 1 aliphatic rings. The summed E-state index contributed by atoms with van der Waals surface area (Å²) in [5, 5.41) is 12.3. The molecule has 2 unspecified atom stereocenters. The second-order valence-electron chi connectivity index (χ2n) is 5.57. The normalized spacial score (nSPS) is 29.1. The van der Waals surface area contributed by atoms with E-state index in [1.807, 2.05) is 34.6 Å². The van der Waals surface area contributed by atoms with Crippen molar-refractivity contribution in [1.29, 1.82) is 0 Å². The van der Waals surface area contributed by atoms with Gasteiger partial charge >= 0.3 is 0 Å². The predicted octanol–water partition coefficient (Wildman–Crippen LogP) is 1.48. The molecule has 1 heterocycles. The highest BCUT2D eigenvalue weighted by atomic mass is 32.2. The van der Waals surface area contributed by atoms with Crippen LogP contribution in [0.2, 0.25) is 0 Å². The van der Waals surface area contributed by atoms with Crippen molar-refractivity contribution in [3.63, 3.8) is 0 Å². The van der Waals surface area contributed by atoms with Crippen LogP contribution < -0.4 is 5.32 Å². The molecule has 1 aliphatic heterocycles. The largest absolute Gasteiger partial charge is 0.367 e. The molecule has 0 bridgehead atoms. The molecule has 0 aliphatic carbocycles. The van der Waals surface area contributed by atoms with Crippen molar-refractivity contribution in [2.24, 2.45) is 0 Å². The molecular formula is C11H21NO3S. The van der Waals surface area contributed by atoms with E-state index in [4.69, 9.17) is 4.74 Å². The monoisotopic (exact) mass is 247 g/mol. The Morgan fingerprint density at radius 3 is 2.44 bits per heavy atom. The highest BCUT2D eigenvalue weighted by Gasteiger charge is 2.41. The Hall–Kier alpha value is -0.260. The number of nitrogens with one attached hydrogen (secondary N) is 1. The molecule has 2 N–H and O–H groups in total. The molecule has 1 fully saturated rings. The van der Waals surface area contributed by atoms with Gasteiger partial charge in [-0.3, -0.25) is 4.79 Å². The highest BCUT2D eigenvalue weighted by Crippen LogP contribution is 2.41. The lowest BCUT2D eigenvalue weighted by atomic mass is 10.1. The van der Waals surface area contributed by atoms with Crippen LogP contribution in [-0.4, -0.2) is 33.0 Å². The van der Waals surface area contributed by atoms with Gasteiger partial charge in [-0.15, -0.1) is 11.8 Å². The van der Waals surface area contributed by atoms with Crippen molar-refractivity contribution in [2.75, 3.05) is 0 Å². The van der Waals surface area contributed by atoms with E-state index in [9.17, 15) is 9.90 Å². The lowest BCUT2D eigenvalue weighted by Crippen LogP contribution is -2.42. The summed E-state index contributed by atoms with van der Waals surface area (Å²) >= 11 is 1.50. The summed E-state index contributed by atoms with van der Waals surface area (Å²) in [6, 6.07) is 0. The quantitative estimate of drug-likeness (QED) is 0.776. The third kappa shape index (κ3) is 4.31. The molecule has 0 aromatic heterocycles. The molecule has 0 spiro atoms. The third-order valence-corrected chi connectivity index (χ3v) is 3.42. The van der Waals surface area contributed by atoms with Gasteiger partial charge in [0.2, 0.25) is 5.91 Å². The summed E-state index contributed by atoms with van der Waals surface area (Å²) in [4.78, 5) is 11.3. The van der Waals surface area contributed by atoms with Gasteiger partial charge < -0.3 is 15.2 Å². The molecular weight excluding hydrogens is 226 g/mol. The van der Waals surface area contributed by atoms with Crippen molar-refractivity contribution in [3.05, 3.63) is 0 Å². The molecule has 1 rings (SSSR count). The summed E-state index contributed by atoms with van der Waals surface area (Å²) in [5.74, 6) is -0.0506. The minimum absolute atomic E-state index is 0.0506. The lowest BCUT2D eigenvalue weighted by Gasteiger charge is -2.22. The molecule has 0 radical (unpaired) electrons. The molecule has 2 atom stereocenters. The van der Waals surface area contributed by atoms with E-state index >= 15 is 0 Å². The van der Waals surface area contributed by atoms with E-state index in [-0.39, 0.29) is 23.1 Å². The summed E-state index contributed by atoms with van der Waals surface area (Å²) < 4.78 is 5.33. The standard InChI is InChI=1S/C11H21NO3S/c1-10(2,3)12-8(13)6-7-9(14)15-11(4,5)16-7/h7,9,14H,6H2,1-5H3,(H,12,13). The number of ether oxygens (including phenoxy) is 1. The fourth-order valence-corrected chi connectivity index (χ4v) is 2.90. The number of aliphatic hydroxyl groups excluding tert-OH is 1. The Morgan fingerprint density at radius 1 is 1.50 bits per heavy atom. The lowest BCUT2D eigenvalue weighted by molar-refractivity contribution is -0.133. The molecule has 16 heavy (non-hydrogen) atoms. The second kappa shape index (κ2) is 4.55. The molecule has 4 nitrogen and oxygen atoms in total. The van der Waals surface area contributed by atoms with Crippen LogP contribution in [0.1, 0.15) is 41.0 Å². The van der Waals surface area contributed by atoms with Crippen LogP contribution in [0.4, 0.5) is 0 Å². The van der Waals surface area contributed by atoms with Gasteiger partial charge in [-0.2, -0.15) is 0 Å². The van der Waals surface area contributed by atoms with Crippen LogP contribution in [-0.2, 0) is 9.53 Å². The van der Waals surface area contributed by atoms with Gasteiger partial charge in [-0.25, -0.2) is 0 Å². The molecule has 0 aromatic rings. The first-order valence-corrected chi connectivity index (χ1v) is 6.32. The van der Waals surface area contributed by atoms with Crippen molar-refractivity contribution in [3.8, 4) is 0 Å². The Bertz CT molecular complexity index is 273. The maximum atomic E-state index is 11.7. The van der Waals surface area contributed by atoms with Crippen molar-refractivity contribution >= 4 is 17.7 Å². The van der Waals surface area contributed by atoms with Gasteiger partial charge in [0, 0.05) is 12.0 Å². The molecule has 1 amide bonds. The van der Waals surface area contributed by atoms with Crippen LogP contribution in [0.5, 0.6) is 0 Å². The summed E-state index contributed by atoms with van der Waals surface area (Å²) in [6.45, 7) is 9.59. The van der Waals surface area contributed by atoms with Crippen LogP contribution in [0.15, 0.2) is 0 Å². The van der Waals surface area contributed by atoms with Crippen LogP contribution >= 0.6 is 11.8 Å². The maximum absolute atomic E-state index is 11.7. The minimum Gasteiger partial charge on any atom is -0.367 e. The first-order chi connectivity index (χ1) is 7.09. The number of rotatable bonds is 2. The Balaban J connectivity index is 2.47. The van der Waals surface area contributed by atoms with E-state index in [2.05, 4.69) is 5.32 Å². The molecule has 0 saturated carbocycles. The zero-order chi connectivity index (χ0) is 12.6. The smallest absolute Gasteiger partial charge is 0.221 e. The van der Waals surface area contributed by atoms with Crippen LogP contribution in [0, 0.1) is 0 Å². The first-order valence-electron chi connectivity index (χ1n) is 5.44. The Labute approximate surface area is 101 Å². The van der Waals surface area contributed by atoms with Crippen molar-refractivity contribution < 1.29 is 14.6 Å². The van der Waals surface area contributed by atoms with E-state index in [0.717, 1.165) is 0 Å². The number of amides is 1. The number of carbonyl (C=O) groups is 1. The van der Waals surface area contributed by atoms with Gasteiger partial charge in [0.25, 0.3) is 0 Å². The number of aliphatic hydroxyl groups is 1. The summed E-state index contributed by atoms with van der Waals surface area (Å²) in [5.41, 5.74) is -0.234. The minimum atomic E-state index is -0.856. The fraction of sp³-hybridized carbons (Fsp3) is 0.909. The average Bonchev–Trinajstić information content (AvgIpc) is 2.19. The van der Waals surface area contributed by atoms with E-state index in [0.29, 0.717) is 0 Å². The Morgan fingerprint density at radius 2 is 2.06 bits per heavy atom. The van der Waals surface area contributed by atoms with Crippen LogP contribution in [0.3, 0.4) is 0 Å². The zero-order valence-corrected chi connectivity index (χ0v) is 11.4. The predicted molar refractivity (Wildman–Crippen MR) is 65.1 cm³/mol. The maximum Gasteiger partial charge on any atom is 0.221 e. The molecule has 94 valence electrons. The van der Waals surface area contributed by atoms with Gasteiger partial charge in [0.05, 0.1) is 5.25 Å². The fourth-order valence-electron chi connectivity index (χ4n) is 1.61. The Kier molecular flexibility index (Phi) is 3.92. The number of carbonyl (C=O) groups excluding carboxylic acids is 1. The molecule has 0 aromatic carbocycles. The van der Waals surface area contributed by atoms with Gasteiger partial charge in [0.15, 0.2) is 6.29 Å². The number of thioether (sulfide) groups is 1. The summed E-state index contributed by atoms with van der Waals surface area (Å²) in [6.07, 6.45) is -0.572. The third-order valence-electron chi connectivity index (χ3n) is 2.06. The zero-order valence-electron chi connectivity index (χ0n) is 10.5. The average molecular weight is 247 g/mol. The van der Waals surface area contributed by atoms with E-state index in [1.54, 1.807) is 0 Å². The molecule has 5 heteroatoms. The molecule has 1 saturated heterocycles. The van der Waals surface area contributed by atoms with E-state index < -0.39 is 11.2 Å². The van der Waals surface area contributed by atoms with Crippen LogP contribution in [0.25, 0.3) is 0 Å². The van der Waals surface area contributed by atoms with Crippen molar-refractivity contribution in [2.45, 2.75) is 63.1 Å². The van der Waals surface area contributed by atoms with Crippen molar-refractivity contribution in [1.82, 2.24) is 5.32 Å². The second-order valence-corrected chi connectivity index (χ2v) is 7.39.